The van der Waals surface area contributed by atoms with Crippen LogP contribution in [0.15, 0.2) is 52.9 Å². The summed E-state index contributed by atoms with van der Waals surface area (Å²) in [5, 5.41) is 9.87. The fourth-order valence-electron chi connectivity index (χ4n) is 2.38. The maximum atomic E-state index is 8.15. The minimum Gasteiger partial charge on any atom is -0.497 e. The van der Waals surface area contributed by atoms with Gasteiger partial charge in [0.1, 0.15) is 16.3 Å². The highest BCUT2D eigenvalue weighted by molar-refractivity contribution is 7.21. The highest BCUT2D eigenvalue weighted by Crippen LogP contribution is 2.30. The Morgan fingerprint density at radius 1 is 1.14 bits per heavy atom. The lowest BCUT2D eigenvalue weighted by molar-refractivity contribution is 0.414. The molecule has 4 nitrogen and oxygen atoms in total. The molecule has 0 aliphatic carbocycles. The zero-order valence-electron chi connectivity index (χ0n) is 11.8. The zero-order valence-corrected chi connectivity index (χ0v) is 12.6. The Labute approximate surface area is 130 Å². The summed E-state index contributed by atoms with van der Waals surface area (Å²) in [4.78, 5) is 4.60. The Kier molecular flexibility index (Phi) is 2.94. The third-order valence-corrected chi connectivity index (χ3v) is 4.57. The molecule has 4 aromatic rings. The second-order valence-electron chi connectivity index (χ2n) is 4.88. The minimum atomic E-state index is 0.111. The van der Waals surface area contributed by atoms with Gasteiger partial charge >= 0.3 is 0 Å². The van der Waals surface area contributed by atoms with E-state index in [-0.39, 0.29) is 5.55 Å². The number of methoxy groups -OCH3 is 1. The summed E-state index contributed by atoms with van der Waals surface area (Å²) >= 11 is 1.56. The maximum Gasteiger partial charge on any atom is 0.222 e. The Morgan fingerprint density at radius 3 is 2.82 bits per heavy atom. The van der Waals surface area contributed by atoms with Crippen LogP contribution in [0.4, 0.5) is 0 Å². The van der Waals surface area contributed by atoms with Crippen LogP contribution in [0.1, 0.15) is 0 Å². The molecule has 5 heteroatoms. The number of thiazole rings is 1. The number of nitrogens with zero attached hydrogens (tertiary/aromatic N) is 1. The molecule has 2 heterocycles. The topological polar surface area (TPSA) is 59.1 Å². The SMILES string of the molecule is COc1ccc2cc(-c3nc4ccccc4s3)c(=N)oc2c1. The molecule has 0 amide bonds. The first kappa shape index (κ1) is 13.0. The van der Waals surface area contributed by atoms with E-state index in [0.717, 1.165) is 20.6 Å². The minimum absolute atomic E-state index is 0.111. The first-order valence-corrected chi connectivity index (χ1v) is 7.59. The second-order valence-corrected chi connectivity index (χ2v) is 5.91. The zero-order chi connectivity index (χ0) is 15.1. The van der Waals surface area contributed by atoms with Gasteiger partial charge in [0, 0.05) is 11.5 Å². The standard InChI is InChI=1S/C17H12N2O2S/c1-20-11-7-6-10-8-12(16(18)21-14(10)9-11)17-19-13-4-2-3-5-15(13)22-17/h2-9,18H,1H3. The third kappa shape index (κ3) is 2.07. The van der Waals surface area contributed by atoms with Gasteiger partial charge in [0.05, 0.1) is 22.9 Å². The van der Waals surface area contributed by atoms with Crippen molar-refractivity contribution in [3.8, 4) is 16.3 Å². The molecule has 0 saturated heterocycles. The Hall–Kier alpha value is -2.66. The lowest BCUT2D eigenvalue weighted by Gasteiger charge is -2.03. The predicted octanol–water partition coefficient (Wildman–Crippen LogP) is 4.20. The van der Waals surface area contributed by atoms with Crippen molar-refractivity contribution >= 4 is 32.5 Å². The van der Waals surface area contributed by atoms with E-state index in [9.17, 15) is 0 Å². The van der Waals surface area contributed by atoms with Crippen LogP contribution >= 0.6 is 11.3 Å². The van der Waals surface area contributed by atoms with E-state index in [0.29, 0.717) is 16.9 Å². The van der Waals surface area contributed by atoms with Crippen molar-refractivity contribution in [3.05, 3.63) is 54.1 Å². The van der Waals surface area contributed by atoms with Gasteiger partial charge in [-0.2, -0.15) is 0 Å². The fraction of sp³-hybridized carbons (Fsp3) is 0.0588. The molecule has 1 N–H and O–H groups in total. The lowest BCUT2D eigenvalue weighted by Crippen LogP contribution is -2.02. The van der Waals surface area contributed by atoms with E-state index in [2.05, 4.69) is 4.98 Å². The number of aromatic nitrogens is 1. The number of benzene rings is 2. The summed E-state index contributed by atoms with van der Waals surface area (Å²) in [7, 11) is 1.61. The predicted molar refractivity (Wildman–Crippen MR) is 87.2 cm³/mol. The first-order chi connectivity index (χ1) is 10.7. The molecule has 0 unspecified atom stereocenters. The molecule has 0 radical (unpaired) electrons. The maximum absolute atomic E-state index is 8.15. The summed E-state index contributed by atoms with van der Waals surface area (Å²) in [6.45, 7) is 0. The van der Waals surface area contributed by atoms with E-state index in [1.807, 2.05) is 42.5 Å². The van der Waals surface area contributed by atoms with E-state index in [4.69, 9.17) is 14.6 Å². The quantitative estimate of drug-likeness (QED) is 0.604. The molecule has 22 heavy (non-hydrogen) atoms. The molecule has 2 aromatic heterocycles. The average Bonchev–Trinajstić information content (AvgIpc) is 2.97. The molecule has 0 spiro atoms. The van der Waals surface area contributed by atoms with Gasteiger partial charge in [0.15, 0.2) is 0 Å². The van der Waals surface area contributed by atoms with Gasteiger partial charge in [-0.15, -0.1) is 11.3 Å². The monoisotopic (exact) mass is 308 g/mol. The molecule has 0 fully saturated rings. The highest BCUT2D eigenvalue weighted by Gasteiger charge is 2.11. The first-order valence-electron chi connectivity index (χ1n) is 6.77. The van der Waals surface area contributed by atoms with E-state index >= 15 is 0 Å². The number of nitrogens with one attached hydrogen (secondary N) is 1. The van der Waals surface area contributed by atoms with Crippen LogP contribution in [0.3, 0.4) is 0 Å². The number of para-hydroxylation sites is 1. The van der Waals surface area contributed by atoms with Crippen molar-refractivity contribution < 1.29 is 9.15 Å². The van der Waals surface area contributed by atoms with Crippen LogP contribution in [0.5, 0.6) is 5.75 Å². The molecule has 0 atom stereocenters. The smallest absolute Gasteiger partial charge is 0.222 e. The highest BCUT2D eigenvalue weighted by atomic mass is 32.1. The Bertz CT molecular complexity index is 1020. The van der Waals surface area contributed by atoms with Gasteiger partial charge in [-0.1, -0.05) is 12.1 Å². The van der Waals surface area contributed by atoms with Crippen LogP contribution in [0.25, 0.3) is 31.8 Å². The van der Waals surface area contributed by atoms with Crippen molar-refractivity contribution in [2.24, 2.45) is 0 Å². The Balaban J connectivity index is 1.94. The number of hydrogen-bond acceptors (Lipinski definition) is 5. The van der Waals surface area contributed by atoms with Gasteiger partial charge in [0.25, 0.3) is 0 Å². The fourth-order valence-corrected chi connectivity index (χ4v) is 3.36. The summed E-state index contributed by atoms with van der Waals surface area (Å²) in [6.07, 6.45) is 0. The molecular weight excluding hydrogens is 296 g/mol. The second kappa shape index (κ2) is 4.96. The largest absolute Gasteiger partial charge is 0.497 e. The number of fused-ring (bicyclic) bond motifs is 2. The lowest BCUT2D eigenvalue weighted by atomic mass is 10.2. The third-order valence-electron chi connectivity index (χ3n) is 3.50. The average molecular weight is 308 g/mol. The van der Waals surface area contributed by atoms with Gasteiger partial charge in [-0.3, -0.25) is 5.41 Å². The van der Waals surface area contributed by atoms with E-state index < -0.39 is 0 Å². The molecular formula is C17H12N2O2S. The number of rotatable bonds is 2. The summed E-state index contributed by atoms with van der Waals surface area (Å²) in [6, 6.07) is 15.5. The van der Waals surface area contributed by atoms with Crippen molar-refractivity contribution in [2.75, 3.05) is 7.11 Å². The van der Waals surface area contributed by atoms with E-state index in [1.165, 1.54) is 0 Å². The molecule has 108 valence electrons. The molecule has 2 aromatic carbocycles. The Morgan fingerprint density at radius 2 is 2.00 bits per heavy atom. The van der Waals surface area contributed by atoms with Crippen molar-refractivity contribution in [3.63, 3.8) is 0 Å². The summed E-state index contributed by atoms with van der Waals surface area (Å²) in [5.41, 5.74) is 2.39. The van der Waals surface area contributed by atoms with E-state index in [1.54, 1.807) is 24.5 Å². The molecule has 4 rings (SSSR count). The van der Waals surface area contributed by atoms with Crippen LogP contribution in [0.2, 0.25) is 0 Å². The molecule has 0 aliphatic rings. The normalized spacial score (nSPS) is 11.1. The molecule has 0 aliphatic heterocycles. The van der Waals surface area contributed by atoms with Crippen LogP contribution in [0, 0.1) is 5.41 Å². The summed E-state index contributed by atoms with van der Waals surface area (Å²) in [5.74, 6) is 0.711. The van der Waals surface area contributed by atoms with Gasteiger partial charge in [0.2, 0.25) is 5.55 Å². The summed E-state index contributed by atoms with van der Waals surface area (Å²) < 4.78 is 11.9. The van der Waals surface area contributed by atoms with Crippen LogP contribution < -0.4 is 10.3 Å². The van der Waals surface area contributed by atoms with Crippen LogP contribution in [-0.4, -0.2) is 12.1 Å². The number of hydrogen-bond donors (Lipinski definition) is 1. The van der Waals surface area contributed by atoms with Crippen molar-refractivity contribution in [1.29, 1.82) is 5.41 Å². The van der Waals surface area contributed by atoms with Crippen LogP contribution in [-0.2, 0) is 0 Å². The van der Waals surface area contributed by atoms with Crippen molar-refractivity contribution in [2.45, 2.75) is 0 Å². The molecule has 0 saturated carbocycles. The number of ether oxygens (including phenoxy) is 1. The van der Waals surface area contributed by atoms with Gasteiger partial charge < -0.3 is 9.15 Å². The van der Waals surface area contributed by atoms with Crippen molar-refractivity contribution in [1.82, 2.24) is 4.98 Å². The van der Waals surface area contributed by atoms with Gasteiger partial charge in [-0.05, 0) is 30.3 Å². The van der Waals surface area contributed by atoms with Gasteiger partial charge in [-0.25, -0.2) is 4.98 Å². The molecule has 0 bridgehead atoms.